The average molecular weight is 404 g/mol. The second-order valence-electron chi connectivity index (χ2n) is 7.48. The maximum absolute atomic E-state index is 12.9. The number of hydrogen-bond donors (Lipinski definition) is 1. The van der Waals surface area contributed by atoms with Gasteiger partial charge in [0, 0.05) is 31.9 Å². The highest BCUT2D eigenvalue weighted by Gasteiger charge is 2.32. The minimum atomic E-state index is 0. The molecular formula is C18H31Cl2N5O. The summed E-state index contributed by atoms with van der Waals surface area (Å²) in [5, 5.41) is 8.03. The summed E-state index contributed by atoms with van der Waals surface area (Å²) in [6, 6.07) is 2.67. The molecule has 3 fully saturated rings. The van der Waals surface area contributed by atoms with Gasteiger partial charge in [-0.25, -0.2) is 0 Å². The normalized spacial score (nSPS) is 26.4. The van der Waals surface area contributed by atoms with Gasteiger partial charge < -0.3 is 15.1 Å². The molecule has 0 radical (unpaired) electrons. The first-order valence-electron chi connectivity index (χ1n) is 9.60. The number of amides is 1. The summed E-state index contributed by atoms with van der Waals surface area (Å²) in [5.74, 6) is 0.124. The predicted octanol–water partition coefficient (Wildman–Crippen LogP) is 2.35. The van der Waals surface area contributed by atoms with E-state index in [4.69, 9.17) is 0 Å². The monoisotopic (exact) mass is 403 g/mol. The Kier molecular flexibility index (Phi) is 8.20. The lowest BCUT2D eigenvalue weighted by molar-refractivity contribution is 0.0701. The molecule has 0 bridgehead atoms. The van der Waals surface area contributed by atoms with E-state index >= 15 is 0 Å². The van der Waals surface area contributed by atoms with Crippen LogP contribution < -0.4 is 5.32 Å². The van der Waals surface area contributed by atoms with Crippen molar-refractivity contribution in [3.8, 4) is 0 Å². The van der Waals surface area contributed by atoms with Crippen LogP contribution in [0.4, 0.5) is 0 Å². The predicted molar refractivity (Wildman–Crippen MR) is 108 cm³/mol. The van der Waals surface area contributed by atoms with E-state index < -0.39 is 0 Å². The molecule has 1 aromatic rings. The number of hydrogen-bond acceptors (Lipinski definition) is 4. The number of nitrogens with one attached hydrogen (secondary N) is 1. The van der Waals surface area contributed by atoms with Gasteiger partial charge in [0.1, 0.15) is 5.69 Å². The van der Waals surface area contributed by atoms with Crippen LogP contribution in [0.15, 0.2) is 12.3 Å². The SMILES string of the molecule is Cl.Cl.O=C(c1ccn(C2CCCNC2)n1)N1CCCC1CN1CCCC1. The van der Waals surface area contributed by atoms with Crippen LogP contribution in [0.3, 0.4) is 0 Å². The molecule has 0 aliphatic carbocycles. The van der Waals surface area contributed by atoms with Gasteiger partial charge in [0.05, 0.1) is 6.04 Å². The van der Waals surface area contributed by atoms with Gasteiger partial charge in [-0.1, -0.05) is 0 Å². The number of nitrogens with zero attached hydrogens (tertiary/aromatic N) is 4. The van der Waals surface area contributed by atoms with Crippen LogP contribution in [0.5, 0.6) is 0 Å². The molecule has 4 heterocycles. The van der Waals surface area contributed by atoms with Gasteiger partial charge in [0.15, 0.2) is 0 Å². The van der Waals surface area contributed by atoms with Crippen molar-refractivity contribution >= 4 is 30.7 Å². The van der Waals surface area contributed by atoms with Crippen LogP contribution in [0.1, 0.15) is 55.1 Å². The summed E-state index contributed by atoms with van der Waals surface area (Å²) in [6.45, 7) is 6.37. The highest BCUT2D eigenvalue weighted by Crippen LogP contribution is 2.23. The van der Waals surface area contributed by atoms with E-state index in [1.807, 2.05) is 16.9 Å². The van der Waals surface area contributed by atoms with E-state index in [1.54, 1.807) is 0 Å². The van der Waals surface area contributed by atoms with Crippen LogP contribution >= 0.6 is 24.8 Å². The van der Waals surface area contributed by atoms with Crippen molar-refractivity contribution in [2.45, 2.75) is 50.6 Å². The first-order chi connectivity index (χ1) is 11.8. The van der Waals surface area contributed by atoms with E-state index in [1.165, 1.54) is 32.4 Å². The van der Waals surface area contributed by atoms with Crippen LogP contribution in [-0.4, -0.2) is 70.8 Å². The van der Waals surface area contributed by atoms with Crippen molar-refractivity contribution < 1.29 is 4.79 Å². The van der Waals surface area contributed by atoms with Crippen molar-refractivity contribution in [3.63, 3.8) is 0 Å². The molecule has 8 heteroatoms. The fourth-order valence-corrected chi connectivity index (χ4v) is 4.42. The number of rotatable bonds is 4. The van der Waals surface area contributed by atoms with Crippen molar-refractivity contribution in [3.05, 3.63) is 18.0 Å². The number of piperidine rings is 1. The molecule has 0 saturated carbocycles. The van der Waals surface area contributed by atoms with Gasteiger partial charge in [-0.3, -0.25) is 9.48 Å². The Morgan fingerprint density at radius 1 is 1.12 bits per heavy atom. The van der Waals surface area contributed by atoms with E-state index in [2.05, 4.69) is 20.2 Å². The molecule has 3 saturated heterocycles. The lowest BCUT2D eigenvalue weighted by atomic mass is 10.1. The number of carbonyl (C=O) groups excluding carboxylic acids is 1. The Bertz CT molecular complexity index is 570. The van der Waals surface area contributed by atoms with Gasteiger partial charge in [-0.2, -0.15) is 5.10 Å². The standard InChI is InChI=1S/C18H29N5O.2ClH/c24-18(17-7-12-23(20-17)15-5-3-8-19-13-15)22-11-4-6-16(22)14-21-9-1-2-10-21;;/h7,12,15-16,19H,1-6,8-11,13-14H2;2*1H. The second-order valence-corrected chi connectivity index (χ2v) is 7.48. The summed E-state index contributed by atoms with van der Waals surface area (Å²) in [4.78, 5) is 17.5. The summed E-state index contributed by atoms with van der Waals surface area (Å²) >= 11 is 0. The molecule has 6 nitrogen and oxygen atoms in total. The van der Waals surface area contributed by atoms with Crippen LogP contribution in [0.25, 0.3) is 0 Å². The summed E-state index contributed by atoms with van der Waals surface area (Å²) in [5.41, 5.74) is 0.619. The molecule has 1 N–H and O–H groups in total. The van der Waals surface area contributed by atoms with Gasteiger partial charge in [0.2, 0.25) is 0 Å². The summed E-state index contributed by atoms with van der Waals surface area (Å²) < 4.78 is 1.99. The Hall–Kier alpha value is -0.820. The molecular weight excluding hydrogens is 373 g/mol. The minimum Gasteiger partial charge on any atom is -0.333 e. The van der Waals surface area contributed by atoms with Crippen molar-refractivity contribution in [1.82, 2.24) is 24.9 Å². The number of aromatic nitrogens is 2. The van der Waals surface area contributed by atoms with Crippen molar-refractivity contribution in [2.75, 3.05) is 39.3 Å². The van der Waals surface area contributed by atoms with Gasteiger partial charge in [-0.15, -0.1) is 24.8 Å². The Labute approximate surface area is 168 Å². The maximum Gasteiger partial charge on any atom is 0.274 e. The molecule has 3 aliphatic heterocycles. The van der Waals surface area contributed by atoms with Crippen LogP contribution in [0, 0.1) is 0 Å². The second kappa shape index (κ2) is 9.93. The third kappa shape index (κ3) is 4.71. The maximum atomic E-state index is 12.9. The van der Waals surface area contributed by atoms with Crippen molar-refractivity contribution in [1.29, 1.82) is 0 Å². The van der Waals surface area contributed by atoms with E-state index in [-0.39, 0.29) is 30.7 Å². The lowest BCUT2D eigenvalue weighted by Crippen LogP contribution is -2.42. The topological polar surface area (TPSA) is 53.4 Å². The van der Waals surface area contributed by atoms with Crippen LogP contribution in [-0.2, 0) is 0 Å². The summed E-state index contributed by atoms with van der Waals surface area (Å²) in [6.07, 6.45) is 9.17. The Balaban J connectivity index is 0.00000121. The molecule has 26 heavy (non-hydrogen) atoms. The highest BCUT2D eigenvalue weighted by molar-refractivity contribution is 5.92. The van der Waals surface area contributed by atoms with Crippen LogP contribution in [0.2, 0.25) is 0 Å². The highest BCUT2D eigenvalue weighted by atomic mass is 35.5. The molecule has 3 aliphatic rings. The zero-order valence-electron chi connectivity index (χ0n) is 15.3. The smallest absolute Gasteiger partial charge is 0.274 e. The molecule has 0 spiro atoms. The zero-order valence-corrected chi connectivity index (χ0v) is 16.9. The quantitative estimate of drug-likeness (QED) is 0.837. The fourth-order valence-electron chi connectivity index (χ4n) is 4.42. The van der Waals surface area contributed by atoms with E-state index in [0.29, 0.717) is 17.8 Å². The third-order valence-electron chi connectivity index (χ3n) is 5.78. The first kappa shape index (κ1) is 21.5. The van der Waals surface area contributed by atoms with Gasteiger partial charge >= 0.3 is 0 Å². The molecule has 2 atom stereocenters. The van der Waals surface area contributed by atoms with E-state index in [0.717, 1.165) is 45.4 Å². The minimum absolute atomic E-state index is 0. The van der Waals surface area contributed by atoms with Gasteiger partial charge in [-0.05, 0) is 64.2 Å². The lowest BCUT2D eigenvalue weighted by Gasteiger charge is -2.28. The Morgan fingerprint density at radius 3 is 2.65 bits per heavy atom. The molecule has 0 aromatic carbocycles. The first-order valence-corrected chi connectivity index (χ1v) is 9.60. The van der Waals surface area contributed by atoms with E-state index in [9.17, 15) is 4.79 Å². The molecule has 1 aromatic heterocycles. The third-order valence-corrected chi connectivity index (χ3v) is 5.78. The Morgan fingerprint density at radius 2 is 1.92 bits per heavy atom. The van der Waals surface area contributed by atoms with Crippen molar-refractivity contribution in [2.24, 2.45) is 0 Å². The number of halogens is 2. The number of likely N-dealkylation sites (tertiary alicyclic amines) is 2. The zero-order chi connectivity index (χ0) is 16.4. The molecule has 4 rings (SSSR count). The summed E-state index contributed by atoms with van der Waals surface area (Å²) in [7, 11) is 0. The molecule has 1 amide bonds. The largest absolute Gasteiger partial charge is 0.333 e. The molecule has 148 valence electrons. The van der Waals surface area contributed by atoms with Gasteiger partial charge in [0.25, 0.3) is 5.91 Å². The fraction of sp³-hybridized carbons (Fsp3) is 0.778. The number of carbonyl (C=O) groups is 1. The molecule has 2 unspecified atom stereocenters. The average Bonchev–Trinajstić information content (AvgIpc) is 3.37.